The van der Waals surface area contributed by atoms with Gasteiger partial charge >= 0.3 is 0 Å². The first-order valence-electron chi connectivity index (χ1n) is 5.21. The molecule has 0 radical (unpaired) electrons. The molecule has 2 N–H and O–H groups in total. The van der Waals surface area contributed by atoms with Gasteiger partial charge in [0.25, 0.3) is 0 Å². The number of likely N-dealkylation sites (N-methyl/N-ethyl adjacent to an activating group) is 1. The molecular formula is C12H18BrNO. The van der Waals surface area contributed by atoms with Gasteiger partial charge in [0.05, 0.1) is 0 Å². The third-order valence-electron chi connectivity index (χ3n) is 2.77. The topological polar surface area (TPSA) is 32.3 Å². The van der Waals surface area contributed by atoms with Crippen LogP contribution in [0.3, 0.4) is 0 Å². The Morgan fingerprint density at radius 1 is 1.47 bits per heavy atom. The second kappa shape index (κ2) is 5.10. The van der Waals surface area contributed by atoms with Gasteiger partial charge in [-0.15, -0.1) is 0 Å². The lowest BCUT2D eigenvalue weighted by Gasteiger charge is -2.32. The monoisotopic (exact) mass is 271 g/mol. The van der Waals surface area contributed by atoms with Gasteiger partial charge < -0.3 is 10.4 Å². The molecule has 2 nitrogen and oxygen atoms in total. The van der Waals surface area contributed by atoms with Crippen molar-refractivity contribution in [2.75, 3.05) is 6.54 Å². The van der Waals surface area contributed by atoms with Gasteiger partial charge in [0, 0.05) is 10.5 Å². The molecule has 0 aliphatic carbocycles. The van der Waals surface area contributed by atoms with Gasteiger partial charge in [-0.05, 0) is 32.0 Å². The van der Waals surface area contributed by atoms with Crippen molar-refractivity contribution in [3.05, 3.63) is 34.3 Å². The second-order valence-corrected chi connectivity index (χ2v) is 4.76. The predicted molar refractivity (Wildman–Crippen MR) is 66.9 cm³/mol. The van der Waals surface area contributed by atoms with Crippen molar-refractivity contribution in [1.82, 2.24) is 5.32 Å². The quantitative estimate of drug-likeness (QED) is 0.883. The van der Waals surface area contributed by atoms with E-state index in [0.717, 1.165) is 16.6 Å². The molecule has 0 aromatic heterocycles. The second-order valence-electron chi connectivity index (χ2n) is 3.91. The Bertz CT molecular complexity index is 325. The number of aliphatic hydroxyl groups is 1. The maximum atomic E-state index is 10.5. The Labute approximate surface area is 99.8 Å². The summed E-state index contributed by atoms with van der Waals surface area (Å²) in [5, 5.41) is 13.7. The van der Waals surface area contributed by atoms with E-state index in [1.165, 1.54) is 0 Å². The molecule has 84 valence electrons. The number of halogens is 1. The van der Waals surface area contributed by atoms with Crippen LogP contribution < -0.4 is 5.32 Å². The summed E-state index contributed by atoms with van der Waals surface area (Å²) in [5.74, 6) is 0. The SMILES string of the molecule is CCNC(C)C(C)(O)c1ccccc1Br. The van der Waals surface area contributed by atoms with Crippen molar-refractivity contribution in [2.45, 2.75) is 32.4 Å². The molecule has 0 bridgehead atoms. The van der Waals surface area contributed by atoms with Gasteiger partial charge in [0.15, 0.2) is 0 Å². The molecule has 0 aliphatic heterocycles. The molecule has 0 fully saturated rings. The van der Waals surface area contributed by atoms with Gasteiger partial charge in [-0.1, -0.05) is 41.1 Å². The Balaban J connectivity index is 2.99. The number of hydrogen-bond donors (Lipinski definition) is 2. The fourth-order valence-electron chi connectivity index (χ4n) is 1.61. The third-order valence-corrected chi connectivity index (χ3v) is 3.46. The van der Waals surface area contributed by atoms with Gasteiger partial charge in [0.1, 0.15) is 5.60 Å². The van der Waals surface area contributed by atoms with Crippen LogP contribution in [0, 0.1) is 0 Å². The van der Waals surface area contributed by atoms with Gasteiger partial charge in [0.2, 0.25) is 0 Å². The van der Waals surface area contributed by atoms with Crippen LogP contribution in [0.15, 0.2) is 28.7 Å². The van der Waals surface area contributed by atoms with E-state index in [1.807, 2.05) is 45.0 Å². The minimum atomic E-state index is -0.865. The minimum absolute atomic E-state index is 0.0150. The van der Waals surface area contributed by atoms with Crippen molar-refractivity contribution < 1.29 is 5.11 Å². The molecule has 3 heteroatoms. The Morgan fingerprint density at radius 2 is 2.07 bits per heavy atom. The van der Waals surface area contributed by atoms with Crippen LogP contribution in [-0.4, -0.2) is 17.7 Å². The number of rotatable bonds is 4. The molecule has 1 aromatic rings. The fourth-order valence-corrected chi connectivity index (χ4v) is 2.30. The lowest BCUT2D eigenvalue weighted by atomic mass is 9.89. The lowest BCUT2D eigenvalue weighted by Crippen LogP contribution is -2.44. The van der Waals surface area contributed by atoms with Crippen LogP contribution in [0.25, 0.3) is 0 Å². The molecule has 0 heterocycles. The molecule has 1 aromatic carbocycles. The molecule has 15 heavy (non-hydrogen) atoms. The minimum Gasteiger partial charge on any atom is -0.384 e. The van der Waals surface area contributed by atoms with Gasteiger partial charge in [-0.3, -0.25) is 0 Å². The summed E-state index contributed by atoms with van der Waals surface area (Å²) in [6.45, 7) is 6.71. The molecule has 0 saturated carbocycles. The highest BCUT2D eigenvalue weighted by Gasteiger charge is 2.31. The largest absolute Gasteiger partial charge is 0.384 e. The van der Waals surface area contributed by atoms with Crippen molar-refractivity contribution in [3.8, 4) is 0 Å². The summed E-state index contributed by atoms with van der Waals surface area (Å²) in [6.07, 6.45) is 0. The number of hydrogen-bond acceptors (Lipinski definition) is 2. The molecule has 0 spiro atoms. The number of benzene rings is 1. The molecule has 1 rings (SSSR count). The van der Waals surface area contributed by atoms with Crippen LogP contribution >= 0.6 is 15.9 Å². The lowest BCUT2D eigenvalue weighted by molar-refractivity contribution is 0.0214. The summed E-state index contributed by atoms with van der Waals surface area (Å²) in [7, 11) is 0. The molecule has 0 aliphatic rings. The summed E-state index contributed by atoms with van der Waals surface area (Å²) >= 11 is 3.46. The summed E-state index contributed by atoms with van der Waals surface area (Å²) in [5.41, 5.74) is 0.0503. The highest BCUT2D eigenvalue weighted by molar-refractivity contribution is 9.10. The van der Waals surface area contributed by atoms with E-state index in [4.69, 9.17) is 0 Å². The summed E-state index contributed by atoms with van der Waals surface area (Å²) in [4.78, 5) is 0. The maximum Gasteiger partial charge on any atom is 0.103 e. The molecule has 2 unspecified atom stereocenters. The highest BCUT2D eigenvalue weighted by Crippen LogP contribution is 2.30. The zero-order valence-electron chi connectivity index (χ0n) is 9.42. The van der Waals surface area contributed by atoms with E-state index in [0.29, 0.717) is 0 Å². The molecule has 2 atom stereocenters. The van der Waals surface area contributed by atoms with Crippen molar-refractivity contribution in [2.24, 2.45) is 0 Å². The van der Waals surface area contributed by atoms with E-state index < -0.39 is 5.60 Å². The van der Waals surface area contributed by atoms with Gasteiger partial charge in [-0.25, -0.2) is 0 Å². The van der Waals surface area contributed by atoms with Crippen LogP contribution in [0.1, 0.15) is 26.3 Å². The zero-order chi connectivity index (χ0) is 11.5. The third kappa shape index (κ3) is 2.80. The van der Waals surface area contributed by atoms with E-state index in [-0.39, 0.29) is 6.04 Å². The van der Waals surface area contributed by atoms with E-state index in [2.05, 4.69) is 21.2 Å². The van der Waals surface area contributed by atoms with E-state index >= 15 is 0 Å². The zero-order valence-corrected chi connectivity index (χ0v) is 11.0. The average molecular weight is 272 g/mol. The Hall–Kier alpha value is -0.380. The van der Waals surface area contributed by atoms with Crippen LogP contribution in [0.5, 0.6) is 0 Å². The molecular weight excluding hydrogens is 254 g/mol. The van der Waals surface area contributed by atoms with Crippen molar-refractivity contribution in [3.63, 3.8) is 0 Å². The Kier molecular flexibility index (Phi) is 4.32. The predicted octanol–water partition coefficient (Wildman–Crippen LogP) is 2.65. The van der Waals surface area contributed by atoms with Crippen LogP contribution in [0.4, 0.5) is 0 Å². The van der Waals surface area contributed by atoms with Crippen LogP contribution in [-0.2, 0) is 5.60 Å². The molecule has 0 saturated heterocycles. The summed E-state index contributed by atoms with van der Waals surface area (Å²) < 4.78 is 0.944. The smallest absolute Gasteiger partial charge is 0.103 e. The number of nitrogens with one attached hydrogen (secondary N) is 1. The average Bonchev–Trinajstić information content (AvgIpc) is 2.18. The fraction of sp³-hybridized carbons (Fsp3) is 0.500. The van der Waals surface area contributed by atoms with Crippen molar-refractivity contribution >= 4 is 15.9 Å². The summed E-state index contributed by atoms with van der Waals surface area (Å²) in [6, 6.07) is 7.79. The van der Waals surface area contributed by atoms with E-state index in [9.17, 15) is 5.11 Å². The normalized spacial score (nSPS) is 17.1. The maximum absolute atomic E-state index is 10.5. The first-order valence-corrected chi connectivity index (χ1v) is 6.00. The first-order chi connectivity index (χ1) is 7.00. The first kappa shape index (κ1) is 12.7. The highest BCUT2D eigenvalue weighted by atomic mass is 79.9. The van der Waals surface area contributed by atoms with Crippen molar-refractivity contribution in [1.29, 1.82) is 0 Å². The van der Waals surface area contributed by atoms with E-state index in [1.54, 1.807) is 0 Å². The van der Waals surface area contributed by atoms with Crippen LogP contribution in [0.2, 0.25) is 0 Å². The standard InChI is InChI=1S/C12H18BrNO/c1-4-14-9(2)12(3,15)10-7-5-6-8-11(10)13/h5-9,14-15H,4H2,1-3H3. The molecule has 0 amide bonds. The Morgan fingerprint density at radius 3 is 2.60 bits per heavy atom. The van der Waals surface area contributed by atoms with Gasteiger partial charge in [-0.2, -0.15) is 0 Å².